The molecule has 0 spiro atoms. The average Bonchev–Trinajstić information content (AvgIpc) is 2.37. The third-order valence-electron chi connectivity index (χ3n) is 2.02. The number of isothiocyanates is 1. The first-order valence-corrected chi connectivity index (χ1v) is 5.14. The Morgan fingerprint density at radius 1 is 1.18 bits per heavy atom. The van der Waals surface area contributed by atoms with E-state index in [0.29, 0.717) is 22.8 Å². The molecule has 2 heterocycles. The minimum atomic E-state index is 0.426. The van der Waals surface area contributed by atoms with Crippen molar-refractivity contribution in [3.8, 4) is 17.1 Å². The van der Waals surface area contributed by atoms with Crippen LogP contribution in [0.25, 0.3) is 11.4 Å². The van der Waals surface area contributed by atoms with Gasteiger partial charge in [-0.25, -0.2) is 0 Å². The fourth-order valence-electron chi connectivity index (χ4n) is 1.33. The van der Waals surface area contributed by atoms with Crippen molar-refractivity contribution < 1.29 is 4.84 Å². The van der Waals surface area contributed by atoms with Gasteiger partial charge in [-0.3, -0.25) is 9.97 Å². The third-order valence-corrected chi connectivity index (χ3v) is 2.09. The number of aromatic nitrogens is 2. The van der Waals surface area contributed by atoms with Crippen molar-refractivity contribution in [3.63, 3.8) is 0 Å². The maximum Gasteiger partial charge on any atom is 0.186 e. The van der Waals surface area contributed by atoms with E-state index in [1.165, 1.54) is 0 Å². The van der Waals surface area contributed by atoms with Crippen molar-refractivity contribution in [2.24, 2.45) is 5.16 Å². The van der Waals surface area contributed by atoms with Crippen LogP contribution >= 0.6 is 12.2 Å². The standard InChI is InChI=1S/C11H8N4OS/c12-8-3-1-5-13-10(8)11-9(16-15-7-17)4-2-6-14-11/h1-6H,12H2. The second-order valence-corrected chi connectivity index (χ2v) is 3.25. The Hall–Kier alpha value is -2.30. The van der Waals surface area contributed by atoms with Crippen molar-refractivity contribution in [2.45, 2.75) is 0 Å². The molecule has 0 bridgehead atoms. The van der Waals surface area contributed by atoms with Gasteiger partial charge in [0.1, 0.15) is 16.5 Å². The summed E-state index contributed by atoms with van der Waals surface area (Å²) in [5.41, 5.74) is 7.40. The molecule has 0 unspecified atom stereocenters. The van der Waals surface area contributed by atoms with Crippen LogP contribution in [0.1, 0.15) is 0 Å². The van der Waals surface area contributed by atoms with Gasteiger partial charge >= 0.3 is 0 Å². The Morgan fingerprint density at radius 2 is 1.88 bits per heavy atom. The Balaban J connectivity index is 2.51. The van der Waals surface area contributed by atoms with Crippen LogP contribution < -0.4 is 10.6 Å². The van der Waals surface area contributed by atoms with E-state index < -0.39 is 0 Å². The monoisotopic (exact) mass is 244 g/mol. The molecule has 2 rings (SSSR count). The van der Waals surface area contributed by atoms with Gasteiger partial charge in [-0.15, -0.1) is 0 Å². The molecule has 5 nitrogen and oxygen atoms in total. The predicted octanol–water partition coefficient (Wildman–Crippen LogP) is 2.12. The van der Waals surface area contributed by atoms with Gasteiger partial charge in [0.15, 0.2) is 5.75 Å². The van der Waals surface area contributed by atoms with E-state index in [-0.39, 0.29) is 0 Å². The van der Waals surface area contributed by atoms with Crippen LogP contribution in [0.2, 0.25) is 0 Å². The summed E-state index contributed by atoms with van der Waals surface area (Å²) in [5.74, 6) is 0.426. The van der Waals surface area contributed by atoms with Gasteiger partial charge in [-0.1, -0.05) is 0 Å². The van der Waals surface area contributed by atoms with Gasteiger partial charge < -0.3 is 10.6 Å². The lowest BCUT2D eigenvalue weighted by Gasteiger charge is -2.06. The van der Waals surface area contributed by atoms with E-state index in [2.05, 4.69) is 32.5 Å². The summed E-state index contributed by atoms with van der Waals surface area (Å²) in [6, 6.07) is 6.91. The molecule has 0 fully saturated rings. The highest BCUT2D eigenvalue weighted by molar-refractivity contribution is 7.78. The number of hydrogen-bond acceptors (Lipinski definition) is 6. The average molecular weight is 244 g/mol. The molecule has 6 heteroatoms. The van der Waals surface area contributed by atoms with Crippen LogP contribution in [0.5, 0.6) is 5.75 Å². The highest BCUT2D eigenvalue weighted by Crippen LogP contribution is 2.29. The van der Waals surface area contributed by atoms with Crippen molar-refractivity contribution in [1.82, 2.24) is 9.97 Å². The summed E-state index contributed by atoms with van der Waals surface area (Å²) in [7, 11) is 0. The zero-order chi connectivity index (χ0) is 12.1. The van der Waals surface area contributed by atoms with E-state index in [9.17, 15) is 0 Å². The highest BCUT2D eigenvalue weighted by atomic mass is 32.1. The largest absolute Gasteiger partial charge is 0.397 e. The van der Waals surface area contributed by atoms with Gasteiger partial charge in [0.25, 0.3) is 0 Å². The van der Waals surface area contributed by atoms with Gasteiger partial charge in [0, 0.05) is 12.4 Å². The Morgan fingerprint density at radius 3 is 2.59 bits per heavy atom. The van der Waals surface area contributed by atoms with E-state index >= 15 is 0 Å². The van der Waals surface area contributed by atoms with Gasteiger partial charge in [-0.05, 0) is 41.6 Å². The Labute approximate surface area is 103 Å². The maximum atomic E-state index is 5.83. The summed E-state index contributed by atoms with van der Waals surface area (Å²) in [6.45, 7) is 0. The summed E-state index contributed by atoms with van der Waals surface area (Å²) < 4.78 is 0. The van der Waals surface area contributed by atoms with E-state index in [4.69, 9.17) is 10.6 Å². The number of nitrogens with zero attached hydrogens (tertiary/aromatic N) is 3. The van der Waals surface area contributed by atoms with E-state index in [1.54, 1.807) is 36.7 Å². The normalized spacial score (nSPS) is 9.41. The van der Waals surface area contributed by atoms with Crippen LogP contribution in [0.3, 0.4) is 0 Å². The predicted molar refractivity (Wildman–Crippen MR) is 67.5 cm³/mol. The maximum absolute atomic E-state index is 5.83. The molecule has 0 radical (unpaired) electrons. The molecule has 2 aromatic heterocycles. The van der Waals surface area contributed by atoms with Crippen LogP contribution in [0, 0.1) is 0 Å². The number of nitrogen functional groups attached to an aromatic ring is 1. The lowest BCUT2D eigenvalue weighted by molar-refractivity contribution is 0.345. The minimum Gasteiger partial charge on any atom is -0.397 e. The fraction of sp³-hybridized carbons (Fsp3) is 0. The van der Waals surface area contributed by atoms with Gasteiger partial charge in [0.2, 0.25) is 0 Å². The molecule has 0 saturated carbocycles. The van der Waals surface area contributed by atoms with Gasteiger partial charge in [0.05, 0.1) is 5.69 Å². The first kappa shape index (κ1) is 11.2. The van der Waals surface area contributed by atoms with Crippen LogP contribution in [-0.4, -0.2) is 15.1 Å². The van der Waals surface area contributed by atoms with Crippen molar-refractivity contribution in [1.29, 1.82) is 0 Å². The molecule has 0 aliphatic carbocycles. The highest BCUT2D eigenvalue weighted by Gasteiger charge is 2.11. The zero-order valence-electron chi connectivity index (χ0n) is 8.70. The van der Waals surface area contributed by atoms with Crippen molar-refractivity contribution >= 4 is 23.1 Å². The number of nitrogens with two attached hydrogens (primary N) is 1. The van der Waals surface area contributed by atoms with Crippen LogP contribution in [-0.2, 0) is 0 Å². The molecule has 2 N–H and O–H groups in total. The summed E-state index contributed by atoms with van der Waals surface area (Å²) in [6.07, 6.45) is 3.25. The molecule has 0 aromatic carbocycles. The van der Waals surface area contributed by atoms with Crippen molar-refractivity contribution in [2.75, 3.05) is 5.73 Å². The number of hydrogen-bond donors (Lipinski definition) is 1. The number of rotatable bonds is 3. The first-order valence-electron chi connectivity index (χ1n) is 4.73. The number of pyridine rings is 2. The Bertz CT molecular complexity index is 581. The lowest BCUT2D eigenvalue weighted by Crippen LogP contribution is -1.96. The molecule has 0 aliphatic heterocycles. The topological polar surface area (TPSA) is 73.4 Å². The summed E-state index contributed by atoms with van der Waals surface area (Å²) >= 11 is 4.43. The van der Waals surface area contributed by atoms with Gasteiger partial charge in [-0.2, -0.15) is 0 Å². The molecular formula is C11H8N4OS. The third kappa shape index (κ3) is 2.44. The lowest BCUT2D eigenvalue weighted by atomic mass is 10.2. The second kappa shape index (κ2) is 5.16. The molecule has 0 aliphatic rings. The summed E-state index contributed by atoms with van der Waals surface area (Å²) in [5, 5.41) is 5.53. The molecule has 17 heavy (non-hydrogen) atoms. The second-order valence-electron chi connectivity index (χ2n) is 3.07. The number of anilines is 1. The van der Waals surface area contributed by atoms with E-state index in [0.717, 1.165) is 0 Å². The zero-order valence-corrected chi connectivity index (χ0v) is 9.52. The van der Waals surface area contributed by atoms with Crippen LogP contribution in [0.15, 0.2) is 41.8 Å². The van der Waals surface area contributed by atoms with Crippen molar-refractivity contribution in [3.05, 3.63) is 36.7 Å². The minimum absolute atomic E-state index is 0.426. The molecular weight excluding hydrogens is 236 g/mol. The Kier molecular flexibility index (Phi) is 3.40. The fourth-order valence-corrected chi connectivity index (χ4v) is 1.36. The quantitative estimate of drug-likeness (QED) is 0.508. The van der Waals surface area contributed by atoms with Crippen LogP contribution in [0.4, 0.5) is 5.69 Å². The first-order chi connectivity index (χ1) is 8.33. The van der Waals surface area contributed by atoms with E-state index in [1.807, 2.05) is 0 Å². The SMILES string of the molecule is Nc1cccnc1-c1ncccc1ON=C=S. The molecule has 84 valence electrons. The molecule has 0 saturated heterocycles. The smallest absolute Gasteiger partial charge is 0.186 e. The molecule has 0 amide bonds. The number of thiocarbonyl (C=S) groups is 1. The molecule has 0 atom stereocenters. The molecule has 2 aromatic rings. The summed E-state index contributed by atoms with van der Waals surface area (Å²) in [4.78, 5) is 13.4.